The number of hydrogen-bond acceptors (Lipinski definition) is 2. The molecule has 2 aliphatic rings. The molecule has 0 spiro atoms. The second-order valence-electron chi connectivity index (χ2n) is 2.87. The Hall–Kier alpha value is -1.64. The van der Waals surface area contributed by atoms with E-state index in [9.17, 15) is 4.79 Å². The summed E-state index contributed by atoms with van der Waals surface area (Å²) in [7, 11) is 1.61. The number of nitrogens with zero attached hydrogens (tertiary/aromatic N) is 1. The summed E-state index contributed by atoms with van der Waals surface area (Å²) in [6.45, 7) is 0. The van der Waals surface area contributed by atoms with Gasteiger partial charge in [-0.15, -0.1) is 0 Å². The maximum atomic E-state index is 11.3. The number of rotatable bonds is 1. The maximum Gasteiger partial charge on any atom is 0.257 e. The summed E-state index contributed by atoms with van der Waals surface area (Å²) >= 11 is 0. The number of allylic oxidation sites excluding steroid dienone is 3. The van der Waals surface area contributed by atoms with Gasteiger partial charge in [0.05, 0.1) is 13.0 Å². The molecular formula is C10H9NO2. The van der Waals surface area contributed by atoms with E-state index < -0.39 is 0 Å². The third-order valence-corrected chi connectivity index (χ3v) is 2.09. The molecular weight excluding hydrogens is 166 g/mol. The summed E-state index contributed by atoms with van der Waals surface area (Å²) in [5.74, 6) is 0.453. The molecule has 2 rings (SSSR count). The average molecular weight is 175 g/mol. The van der Waals surface area contributed by atoms with Gasteiger partial charge in [-0.05, 0) is 23.8 Å². The lowest BCUT2D eigenvalue weighted by Crippen LogP contribution is -2.17. The lowest BCUT2D eigenvalue weighted by Gasteiger charge is -2.17. The molecule has 13 heavy (non-hydrogen) atoms. The smallest absolute Gasteiger partial charge is 0.257 e. The van der Waals surface area contributed by atoms with E-state index in [2.05, 4.69) is 4.99 Å². The lowest BCUT2D eigenvalue weighted by atomic mass is 9.91. The van der Waals surface area contributed by atoms with Crippen LogP contribution in [0, 0.1) is 5.92 Å². The van der Waals surface area contributed by atoms with Gasteiger partial charge in [-0.3, -0.25) is 4.79 Å². The molecule has 0 fully saturated rings. The van der Waals surface area contributed by atoms with Crippen LogP contribution in [-0.2, 0) is 9.53 Å². The second-order valence-corrected chi connectivity index (χ2v) is 2.87. The predicted octanol–water partition coefficient (Wildman–Crippen LogP) is 1.24. The van der Waals surface area contributed by atoms with Gasteiger partial charge >= 0.3 is 0 Å². The van der Waals surface area contributed by atoms with Crippen LogP contribution in [0.4, 0.5) is 0 Å². The summed E-state index contributed by atoms with van der Waals surface area (Å²) in [6, 6.07) is 0. The van der Waals surface area contributed by atoms with E-state index in [1.165, 1.54) is 6.21 Å². The maximum absolute atomic E-state index is 11.3. The van der Waals surface area contributed by atoms with Crippen LogP contribution in [0.2, 0.25) is 0 Å². The van der Waals surface area contributed by atoms with Crippen LogP contribution >= 0.6 is 0 Å². The fourth-order valence-electron chi connectivity index (χ4n) is 1.39. The lowest BCUT2D eigenvalue weighted by molar-refractivity contribution is -0.119. The van der Waals surface area contributed by atoms with Crippen LogP contribution in [0.15, 0.2) is 40.6 Å². The molecule has 0 saturated heterocycles. The van der Waals surface area contributed by atoms with Crippen molar-refractivity contribution in [2.45, 2.75) is 0 Å². The molecule has 1 aliphatic heterocycles. The van der Waals surface area contributed by atoms with Crippen LogP contribution in [-0.4, -0.2) is 19.2 Å². The van der Waals surface area contributed by atoms with Crippen molar-refractivity contribution in [2.24, 2.45) is 10.9 Å². The number of dihydropyridines is 1. The number of ether oxygens (including phenoxy) is 1. The van der Waals surface area contributed by atoms with Crippen LogP contribution in [0.5, 0.6) is 0 Å². The first kappa shape index (κ1) is 7.98. The third-order valence-electron chi connectivity index (χ3n) is 2.09. The van der Waals surface area contributed by atoms with Crippen molar-refractivity contribution in [2.75, 3.05) is 7.11 Å². The van der Waals surface area contributed by atoms with Crippen molar-refractivity contribution in [1.82, 2.24) is 0 Å². The fourth-order valence-corrected chi connectivity index (χ4v) is 1.39. The SMILES string of the molecule is COC1=CC2=CC=NC(=O)C2C=C1. The Bertz CT molecular complexity index is 361. The predicted molar refractivity (Wildman–Crippen MR) is 49.3 cm³/mol. The first-order valence-corrected chi connectivity index (χ1v) is 4.03. The normalized spacial score (nSPS) is 25.0. The van der Waals surface area contributed by atoms with Gasteiger partial charge in [0.1, 0.15) is 5.76 Å². The minimum absolute atomic E-state index is 0.111. The zero-order valence-electron chi connectivity index (χ0n) is 7.23. The second kappa shape index (κ2) is 3.01. The Kier molecular flexibility index (Phi) is 1.85. The summed E-state index contributed by atoms with van der Waals surface area (Å²) in [5.41, 5.74) is 0.944. The number of aliphatic imine (C=N–C) groups is 1. The van der Waals surface area contributed by atoms with Crippen LogP contribution in [0.3, 0.4) is 0 Å². The largest absolute Gasteiger partial charge is 0.497 e. The Labute approximate surface area is 76.1 Å². The van der Waals surface area contributed by atoms with Gasteiger partial charge in [-0.2, -0.15) is 0 Å². The van der Waals surface area contributed by atoms with Gasteiger partial charge in [0.15, 0.2) is 0 Å². The minimum atomic E-state index is -0.205. The Morgan fingerprint density at radius 2 is 2.38 bits per heavy atom. The zero-order chi connectivity index (χ0) is 9.26. The van der Waals surface area contributed by atoms with Crippen molar-refractivity contribution in [1.29, 1.82) is 0 Å². The monoisotopic (exact) mass is 175 g/mol. The van der Waals surface area contributed by atoms with Crippen molar-refractivity contribution in [3.63, 3.8) is 0 Å². The van der Waals surface area contributed by atoms with Crippen LogP contribution in [0.25, 0.3) is 0 Å². The molecule has 3 nitrogen and oxygen atoms in total. The Morgan fingerprint density at radius 3 is 3.15 bits per heavy atom. The number of fused-ring (bicyclic) bond motifs is 1. The average Bonchev–Trinajstić information content (AvgIpc) is 2.18. The first-order valence-electron chi connectivity index (χ1n) is 4.03. The molecule has 0 bridgehead atoms. The molecule has 1 amide bonds. The van der Waals surface area contributed by atoms with Gasteiger partial charge in [-0.25, -0.2) is 4.99 Å². The summed E-state index contributed by atoms with van der Waals surface area (Å²) in [5, 5.41) is 0. The van der Waals surface area contributed by atoms with Gasteiger partial charge in [0.25, 0.3) is 5.91 Å². The first-order chi connectivity index (χ1) is 6.31. The number of hydrogen-bond donors (Lipinski definition) is 0. The van der Waals surface area contributed by atoms with E-state index in [1.807, 2.05) is 18.2 Å². The van der Waals surface area contributed by atoms with Crippen molar-refractivity contribution >= 4 is 12.1 Å². The molecule has 1 heterocycles. The zero-order valence-corrected chi connectivity index (χ0v) is 7.23. The molecule has 0 aromatic carbocycles. The number of carbonyl (C=O) groups is 1. The topological polar surface area (TPSA) is 38.7 Å². The molecule has 1 aliphatic carbocycles. The van der Waals surface area contributed by atoms with Crippen LogP contribution < -0.4 is 0 Å². The van der Waals surface area contributed by atoms with Gasteiger partial charge in [-0.1, -0.05) is 6.08 Å². The van der Waals surface area contributed by atoms with E-state index in [4.69, 9.17) is 4.74 Å². The third kappa shape index (κ3) is 1.33. The summed E-state index contributed by atoms with van der Waals surface area (Å²) in [4.78, 5) is 15.0. The standard InChI is InChI=1S/C10H9NO2/c1-13-8-2-3-9-7(6-8)4-5-11-10(9)12/h2-6,9H,1H3. The molecule has 1 unspecified atom stereocenters. The fraction of sp³-hybridized carbons (Fsp3) is 0.200. The van der Waals surface area contributed by atoms with Gasteiger partial charge in [0, 0.05) is 6.21 Å². The molecule has 0 aromatic heterocycles. The van der Waals surface area contributed by atoms with E-state index in [0.717, 1.165) is 11.3 Å². The van der Waals surface area contributed by atoms with Crippen molar-refractivity contribution in [3.8, 4) is 0 Å². The number of methoxy groups -OCH3 is 1. The van der Waals surface area contributed by atoms with Crippen LogP contribution in [0.1, 0.15) is 0 Å². The van der Waals surface area contributed by atoms with Crippen molar-refractivity contribution < 1.29 is 9.53 Å². The summed E-state index contributed by atoms with van der Waals surface area (Å²) in [6.07, 6.45) is 8.81. The number of amides is 1. The molecule has 0 saturated carbocycles. The minimum Gasteiger partial charge on any atom is -0.497 e. The van der Waals surface area contributed by atoms with E-state index in [1.54, 1.807) is 13.2 Å². The highest BCUT2D eigenvalue weighted by Crippen LogP contribution is 2.25. The molecule has 0 aromatic rings. The highest BCUT2D eigenvalue weighted by molar-refractivity contribution is 5.97. The van der Waals surface area contributed by atoms with Gasteiger partial charge < -0.3 is 4.74 Å². The van der Waals surface area contributed by atoms with E-state index in [-0.39, 0.29) is 11.8 Å². The molecule has 0 radical (unpaired) electrons. The van der Waals surface area contributed by atoms with E-state index in [0.29, 0.717) is 0 Å². The van der Waals surface area contributed by atoms with E-state index >= 15 is 0 Å². The Balaban J connectivity index is 2.36. The Morgan fingerprint density at radius 1 is 1.54 bits per heavy atom. The summed E-state index contributed by atoms with van der Waals surface area (Å²) < 4.78 is 5.05. The quantitative estimate of drug-likeness (QED) is 0.601. The highest BCUT2D eigenvalue weighted by atomic mass is 16.5. The molecule has 1 atom stereocenters. The van der Waals surface area contributed by atoms with Gasteiger partial charge in [0.2, 0.25) is 0 Å². The molecule has 0 N–H and O–H groups in total. The highest BCUT2D eigenvalue weighted by Gasteiger charge is 2.23. The number of carbonyl (C=O) groups excluding carboxylic acids is 1. The van der Waals surface area contributed by atoms with Crippen molar-refractivity contribution in [3.05, 3.63) is 35.6 Å². The molecule has 66 valence electrons. The molecule has 3 heteroatoms.